The molecule has 338 valence electrons. The molecule has 1 saturated carbocycles. The van der Waals surface area contributed by atoms with E-state index in [4.69, 9.17) is 9.97 Å². The Morgan fingerprint density at radius 1 is 0.800 bits per heavy atom. The van der Waals surface area contributed by atoms with Gasteiger partial charge in [0.25, 0.3) is 11.5 Å². The topological polar surface area (TPSA) is 209 Å². The minimum atomic E-state index is -1.12. The van der Waals surface area contributed by atoms with Crippen molar-refractivity contribution in [3.05, 3.63) is 94.9 Å². The molecule has 1 unspecified atom stereocenters. The maximum atomic E-state index is 13.6. The number of piperazine rings is 1. The summed E-state index contributed by atoms with van der Waals surface area (Å²) in [5, 5.41) is 19.8. The number of carbonyl (C=O) groups is 3. The Hall–Kier alpha value is -6.53. The highest BCUT2D eigenvalue weighted by Crippen LogP contribution is 2.46. The summed E-state index contributed by atoms with van der Waals surface area (Å²) in [5.41, 5.74) is 2.17. The first-order valence-electron chi connectivity index (χ1n) is 22.9. The van der Waals surface area contributed by atoms with Gasteiger partial charge in [-0.1, -0.05) is 18.2 Å². The number of hydrogen-bond donors (Lipinski definition) is 4. The summed E-state index contributed by atoms with van der Waals surface area (Å²) in [5.74, 6) is 0.325. The van der Waals surface area contributed by atoms with E-state index >= 15 is 0 Å². The zero-order chi connectivity index (χ0) is 44.7. The van der Waals surface area contributed by atoms with Crippen molar-refractivity contribution >= 4 is 51.9 Å². The molecule has 2 bridgehead atoms. The third kappa shape index (κ3) is 8.71. The van der Waals surface area contributed by atoms with Crippen LogP contribution in [-0.4, -0.2) is 113 Å². The molecule has 18 heteroatoms. The number of nitrogens with zero attached hydrogens (tertiary/aromatic N) is 10. The van der Waals surface area contributed by atoms with E-state index in [1.807, 2.05) is 42.5 Å². The molecule has 4 aromatic heterocycles. The van der Waals surface area contributed by atoms with Crippen LogP contribution in [0, 0.1) is 5.41 Å². The number of allylic oxidation sites excluding steroid dienone is 2. The molecule has 18 nitrogen and oxygen atoms in total. The van der Waals surface area contributed by atoms with Gasteiger partial charge >= 0.3 is 0 Å². The van der Waals surface area contributed by atoms with E-state index in [1.165, 1.54) is 37.6 Å². The number of hydrogen-bond acceptors (Lipinski definition) is 14. The number of fused-ring (bicyclic) bond motifs is 6. The first kappa shape index (κ1) is 42.4. The average molecular weight is 882 g/mol. The number of benzene rings is 1. The summed E-state index contributed by atoms with van der Waals surface area (Å²) < 4.78 is 3.33. The van der Waals surface area contributed by atoms with E-state index < -0.39 is 23.5 Å². The van der Waals surface area contributed by atoms with E-state index in [1.54, 1.807) is 28.7 Å². The van der Waals surface area contributed by atoms with Crippen LogP contribution in [0.15, 0.2) is 78.0 Å². The number of rotatable bonds is 7. The van der Waals surface area contributed by atoms with E-state index in [0.29, 0.717) is 59.3 Å². The van der Waals surface area contributed by atoms with Gasteiger partial charge in [0, 0.05) is 69.3 Å². The van der Waals surface area contributed by atoms with Crippen LogP contribution in [0.25, 0.3) is 16.9 Å². The lowest BCUT2D eigenvalue weighted by molar-refractivity contribution is -0.134. The second-order valence-corrected chi connectivity index (χ2v) is 18.4. The predicted octanol–water partition coefficient (Wildman–Crippen LogP) is 3.95. The van der Waals surface area contributed by atoms with Crippen molar-refractivity contribution < 1.29 is 19.5 Å². The molecular formula is C47H55N13O5. The van der Waals surface area contributed by atoms with Crippen molar-refractivity contribution in [3.63, 3.8) is 0 Å². The molecule has 4 fully saturated rings. The van der Waals surface area contributed by atoms with Crippen molar-refractivity contribution in [1.29, 1.82) is 0 Å². The van der Waals surface area contributed by atoms with Gasteiger partial charge < -0.3 is 25.5 Å². The third-order valence-electron chi connectivity index (χ3n) is 14.3. The Labute approximate surface area is 376 Å². The smallest absolute Gasteiger partial charge is 0.278 e. The number of nitrogens with one attached hydrogen (secondary N) is 3. The maximum Gasteiger partial charge on any atom is 0.278 e. The van der Waals surface area contributed by atoms with Gasteiger partial charge in [0.2, 0.25) is 17.8 Å². The monoisotopic (exact) mass is 881 g/mol. The molecule has 2 atom stereocenters. The number of amides is 3. The van der Waals surface area contributed by atoms with Crippen LogP contribution in [0.2, 0.25) is 0 Å². The second kappa shape index (κ2) is 17.5. The van der Waals surface area contributed by atoms with Crippen molar-refractivity contribution in [1.82, 2.24) is 49.8 Å². The molecule has 10 rings (SSSR count). The van der Waals surface area contributed by atoms with Crippen LogP contribution >= 0.6 is 0 Å². The molecule has 8 heterocycles. The van der Waals surface area contributed by atoms with Crippen LogP contribution < -0.4 is 31.3 Å². The lowest BCUT2D eigenvalue weighted by atomic mass is 9.66. The van der Waals surface area contributed by atoms with Crippen LogP contribution in [0.5, 0.6) is 0 Å². The number of imide groups is 1. The van der Waals surface area contributed by atoms with E-state index in [9.17, 15) is 24.3 Å². The fraction of sp³-hybridized carbons (Fsp3) is 0.468. The lowest BCUT2D eigenvalue weighted by Crippen LogP contribution is -2.52. The molecule has 4 N–H and O–H groups in total. The van der Waals surface area contributed by atoms with Gasteiger partial charge in [-0.2, -0.15) is 4.98 Å². The van der Waals surface area contributed by atoms with Crippen LogP contribution in [-0.2, 0) is 21.7 Å². The Balaban J connectivity index is 0.707. The highest BCUT2D eigenvalue weighted by molar-refractivity contribution is 6.03. The SMILES string of the molecule is C[C@@]1(O)CC/C=C\Cn2c(=O)c3cnc(Nc4ccc(N5CCN(C6CCC7(CC6)CCN(c6cnc(C(=O)NC8CCC(=O)NC8=O)cn6)CC7)CC5)cc4)nc3n2-c2cccc1n2. The molecule has 5 aliphatic rings. The highest BCUT2D eigenvalue weighted by atomic mass is 16.3. The molecule has 4 aliphatic heterocycles. The fourth-order valence-electron chi connectivity index (χ4n) is 10.3. The number of aromatic nitrogens is 7. The Morgan fingerprint density at radius 3 is 2.32 bits per heavy atom. The summed E-state index contributed by atoms with van der Waals surface area (Å²) in [6.45, 7) is 7.92. The fourth-order valence-corrected chi connectivity index (χ4v) is 10.3. The summed E-state index contributed by atoms with van der Waals surface area (Å²) in [7, 11) is 0. The first-order valence-corrected chi connectivity index (χ1v) is 22.9. The number of carbonyl (C=O) groups excluding carboxylic acids is 3. The predicted molar refractivity (Wildman–Crippen MR) is 244 cm³/mol. The molecule has 1 aliphatic carbocycles. The van der Waals surface area contributed by atoms with Crippen LogP contribution in [0.1, 0.15) is 87.3 Å². The van der Waals surface area contributed by atoms with Crippen molar-refractivity contribution in [2.45, 2.75) is 95.4 Å². The molecule has 0 radical (unpaired) electrons. The maximum absolute atomic E-state index is 13.6. The summed E-state index contributed by atoms with van der Waals surface area (Å²) in [6, 6.07) is 13.7. The molecule has 1 aromatic carbocycles. The van der Waals surface area contributed by atoms with Crippen LogP contribution in [0.4, 0.5) is 23.1 Å². The van der Waals surface area contributed by atoms with Crippen molar-refractivity contribution in [2.75, 3.05) is 54.4 Å². The Bertz CT molecular complexity index is 2670. The molecule has 3 saturated heterocycles. The van der Waals surface area contributed by atoms with Crippen molar-refractivity contribution in [3.8, 4) is 5.82 Å². The summed E-state index contributed by atoms with van der Waals surface area (Å²) >= 11 is 0. The zero-order valence-corrected chi connectivity index (χ0v) is 36.7. The molecule has 3 amide bonds. The number of anilines is 4. The quantitative estimate of drug-likeness (QED) is 0.135. The van der Waals surface area contributed by atoms with E-state index in [2.05, 4.69) is 57.7 Å². The van der Waals surface area contributed by atoms with Gasteiger partial charge in [-0.15, -0.1) is 0 Å². The first-order chi connectivity index (χ1) is 31.5. The molecular weight excluding hydrogens is 827 g/mol. The van der Waals surface area contributed by atoms with Gasteiger partial charge in [0.1, 0.15) is 28.5 Å². The van der Waals surface area contributed by atoms with E-state index in [0.717, 1.165) is 63.6 Å². The minimum Gasteiger partial charge on any atom is -0.384 e. The summed E-state index contributed by atoms with van der Waals surface area (Å²) in [4.78, 5) is 80.2. The standard InChI is InChI=1S/C47H55N13O5/c1-46(65)16-3-2-4-21-59-44(64)34-28-50-45(55-41(34)60(59)38-7-5-6-37(46)53-38)51-31-8-10-32(11-9-31)56-24-26-57(27-25-56)33-14-17-47(18-15-33)19-22-58(23-20-47)39-30-48-36(29-49-39)43(63)52-35-12-13-40(61)54-42(35)62/h2,4-11,28-30,33,35,65H,3,12-27H2,1H3,(H,52,63)(H,50,51,55)(H,54,61,62)/b4-2-/t35?,46-/m1/s1. The highest BCUT2D eigenvalue weighted by Gasteiger charge is 2.40. The van der Waals surface area contributed by atoms with Gasteiger partial charge in [-0.3, -0.25) is 29.4 Å². The van der Waals surface area contributed by atoms with Gasteiger partial charge in [0.05, 0.1) is 24.6 Å². The molecule has 5 aromatic rings. The van der Waals surface area contributed by atoms with Gasteiger partial charge in [-0.05, 0) is 107 Å². The number of piperidine rings is 2. The lowest BCUT2D eigenvalue weighted by Gasteiger charge is -2.49. The van der Waals surface area contributed by atoms with Crippen LogP contribution in [0.3, 0.4) is 0 Å². The minimum absolute atomic E-state index is 0.146. The number of pyridine rings is 1. The second-order valence-electron chi connectivity index (χ2n) is 18.4. The molecule has 65 heavy (non-hydrogen) atoms. The Morgan fingerprint density at radius 2 is 1.58 bits per heavy atom. The van der Waals surface area contributed by atoms with E-state index in [-0.39, 0.29) is 30.0 Å². The third-order valence-corrected chi connectivity index (χ3v) is 14.3. The zero-order valence-electron chi connectivity index (χ0n) is 36.7. The Kier molecular flexibility index (Phi) is 11.4. The molecule has 1 spiro atoms. The largest absolute Gasteiger partial charge is 0.384 e. The van der Waals surface area contributed by atoms with Gasteiger partial charge in [-0.25, -0.2) is 29.3 Å². The van der Waals surface area contributed by atoms with Crippen molar-refractivity contribution in [2.24, 2.45) is 5.41 Å². The number of aliphatic hydroxyl groups is 1. The van der Waals surface area contributed by atoms with Gasteiger partial charge in [0.15, 0.2) is 11.5 Å². The average Bonchev–Trinajstić information content (AvgIpc) is 3.59. The summed E-state index contributed by atoms with van der Waals surface area (Å²) in [6.07, 6.45) is 17.4. The normalized spacial score (nSPS) is 23.4.